The number of fused-ring (bicyclic) bond motifs is 1. The Hall–Kier alpha value is -4.45. The first-order chi connectivity index (χ1) is 16.8. The van der Waals surface area contributed by atoms with Crippen molar-refractivity contribution in [2.45, 2.75) is 6.92 Å². The van der Waals surface area contributed by atoms with Crippen LogP contribution in [0.3, 0.4) is 0 Å². The molecule has 0 radical (unpaired) electrons. The third-order valence-corrected chi connectivity index (χ3v) is 5.90. The molecular weight excluding hydrogens is 437 g/mol. The Morgan fingerprint density at radius 2 is 1.89 bits per heavy atom. The van der Waals surface area contributed by atoms with Crippen LogP contribution < -0.4 is 5.73 Å². The lowest BCUT2D eigenvalue weighted by Crippen LogP contribution is -2.09. The third kappa shape index (κ3) is 4.64. The Morgan fingerprint density at radius 1 is 1.11 bits per heavy atom. The molecule has 0 amide bonds. The molecule has 0 unspecified atom stereocenters. The summed E-state index contributed by atoms with van der Waals surface area (Å²) < 4.78 is 14.5. The van der Waals surface area contributed by atoms with Crippen LogP contribution in [0.2, 0.25) is 0 Å². The smallest absolute Gasteiger partial charge is 0.138 e. The van der Waals surface area contributed by atoms with Gasteiger partial charge in [-0.25, -0.2) is 9.37 Å². The lowest BCUT2D eigenvalue weighted by molar-refractivity contribution is 0.530. The molecule has 2 aromatic heterocycles. The van der Waals surface area contributed by atoms with E-state index in [0.29, 0.717) is 39.2 Å². The number of imidazole rings is 1. The topological polar surface area (TPSA) is 70.8 Å². The number of rotatable bonds is 7. The van der Waals surface area contributed by atoms with Crippen LogP contribution in [0.25, 0.3) is 33.3 Å². The summed E-state index contributed by atoms with van der Waals surface area (Å²) >= 11 is 0. The summed E-state index contributed by atoms with van der Waals surface area (Å²) in [6.45, 7) is 10.2. The predicted octanol–water partition coefficient (Wildman–Crippen LogP) is 6.44. The summed E-state index contributed by atoms with van der Waals surface area (Å²) in [5, 5.41) is 0. The summed E-state index contributed by atoms with van der Waals surface area (Å²) in [5.74, 6) is 0.220. The minimum absolute atomic E-state index is 0.328. The highest BCUT2D eigenvalue weighted by atomic mass is 19.1. The molecular formula is C29H28FN5. The largest absolute Gasteiger partial charge is 0.398 e. The number of nitrogens with two attached hydrogens (primary N) is 1. The molecule has 2 heterocycles. The van der Waals surface area contributed by atoms with E-state index in [2.05, 4.69) is 29.2 Å². The van der Waals surface area contributed by atoms with Crippen LogP contribution in [0.1, 0.15) is 23.9 Å². The first-order valence-corrected chi connectivity index (χ1v) is 11.2. The van der Waals surface area contributed by atoms with E-state index in [0.717, 1.165) is 22.4 Å². The normalized spacial score (nSPS) is 12.1. The maximum atomic E-state index is 14.5. The van der Waals surface area contributed by atoms with Crippen LogP contribution in [0.5, 0.6) is 0 Å². The number of aromatic nitrogens is 3. The van der Waals surface area contributed by atoms with Gasteiger partial charge in [-0.15, -0.1) is 0 Å². The standard InChI is InChI=1S/C29H28FN5/c1-6-19(14-21(7-2)35(4)5)20-12-13-26(31)23(15-20)18(3)29-33-27-17-32-16-24(28(27)34-29)22-10-8-9-11-25(22)30/h6-17H,2-3,31H2,1,4-5H3,(H,33,34)/b19-6+,21-14+. The third-order valence-electron chi connectivity index (χ3n) is 5.90. The number of likely N-dealkylation sites (N-methyl/N-ethyl adjacent to an activating group) is 1. The quantitative estimate of drug-likeness (QED) is 0.243. The number of aromatic amines is 1. The first kappa shape index (κ1) is 23.7. The van der Waals surface area contributed by atoms with Crippen molar-refractivity contribution in [3.63, 3.8) is 0 Å². The van der Waals surface area contributed by atoms with Gasteiger partial charge in [-0.05, 0) is 48.4 Å². The van der Waals surface area contributed by atoms with Crippen molar-refractivity contribution in [3.8, 4) is 11.1 Å². The second-order valence-electron chi connectivity index (χ2n) is 8.34. The van der Waals surface area contributed by atoms with E-state index >= 15 is 0 Å². The summed E-state index contributed by atoms with van der Waals surface area (Å²) in [6.07, 6.45) is 9.22. The SMILES string of the molecule is C=C/C(=C\C(=C/C)c1ccc(N)c(C(=C)c2nc3c(-c4ccccc4F)cncc3[nH]2)c1)N(C)C. The van der Waals surface area contributed by atoms with E-state index in [1.165, 1.54) is 6.07 Å². The number of allylic oxidation sites excluding steroid dienone is 4. The Kier molecular flexibility index (Phi) is 6.64. The van der Waals surface area contributed by atoms with Gasteiger partial charge in [-0.2, -0.15) is 0 Å². The Bertz CT molecular complexity index is 1490. The van der Waals surface area contributed by atoms with Gasteiger partial charge in [-0.1, -0.05) is 43.5 Å². The second kappa shape index (κ2) is 9.81. The van der Waals surface area contributed by atoms with Gasteiger partial charge < -0.3 is 15.6 Å². The maximum absolute atomic E-state index is 14.5. The molecule has 5 nitrogen and oxygen atoms in total. The van der Waals surface area contributed by atoms with Gasteiger partial charge >= 0.3 is 0 Å². The zero-order valence-corrected chi connectivity index (χ0v) is 20.1. The van der Waals surface area contributed by atoms with E-state index in [1.54, 1.807) is 30.6 Å². The van der Waals surface area contributed by atoms with E-state index in [4.69, 9.17) is 10.7 Å². The molecule has 0 aliphatic carbocycles. The number of nitrogens with zero attached hydrogens (tertiary/aromatic N) is 3. The molecule has 0 fully saturated rings. The molecule has 0 aliphatic rings. The Balaban J connectivity index is 1.78. The van der Waals surface area contributed by atoms with Gasteiger partial charge in [0.1, 0.15) is 17.2 Å². The van der Waals surface area contributed by atoms with Crippen LogP contribution in [-0.2, 0) is 0 Å². The number of halogens is 1. The van der Waals surface area contributed by atoms with Crippen molar-refractivity contribution >= 4 is 27.9 Å². The van der Waals surface area contributed by atoms with Crippen molar-refractivity contribution < 1.29 is 4.39 Å². The van der Waals surface area contributed by atoms with Crippen LogP contribution in [0.4, 0.5) is 10.1 Å². The van der Waals surface area contributed by atoms with Crippen LogP contribution in [0, 0.1) is 5.82 Å². The predicted molar refractivity (Wildman–Crippen MR) is 144 cm³/mol. The molecule has 4 rings (SSSR count). The van der Waals surface area contributed by atoms with E-state index < -0.39 is 0 Å². The highest BCUT2D eigenvalue weighted by Crippen LogP contribution is 2.33. The van der Waals surface area contributed by atoms with E-state index in [9.17, 15) is 4.39 Å². The van der Waals surface area contributed by atoms with Crippen LogP contribution in [0.15, 0.2) is 91.9 Å². The van der Waals surface area contributed by atoms with Gasteiger partial charge in [-0.3, -0.25) is 4.98 Å². The molecule has 35 heavy (non-hydrogen) atoms. The average molecular weight is 466 g/mol. The molecule has 2 aromatic carbocycles. The summed E-state index contributed by atoms with van der Waals surface area (Å²) in [4.78, 5) is 14.3. The molecule has 3 N–H and O–H groups in total. The molecule has 4 aromatic rings. The van der Waals surface area contributed by atoms with Crippen LogP contribution in [-0.4, -0.2) is 33.9 Å². The number of nitrogens with one attached hydrogen (secondary N) is 1. The lowest BCUT2D eigenvalue weighted by atomic mass is 9.97. The first-order valence-electron chi connectivity index (χ1n) is 11.2. The van der Waals surface area contributed by atoms with Gasteiger partial charge in [0.25, 0.3) is 0 Å². The highest BCUT2D eigenvalue weighted by molar-refractivity contribution is 5.94. The zero-order valence-electron chi connectivity index (χ0n) is 20.1. The molecule has 6 heteroatoms. The molecule has 176 valence electrons. The molecule has 0 saturated heterocycles. The average Bonchev–Trinajstić information content (AvgIpc) is 3.30. The summed E-state index contributed by atoms with van der Waals surface area (Å²) in [5.41, 5.74) is 13.7. The molecule has 0 bridgehead atoms. The minimum Gasteiger partial charge on any atom is -0.398 e. The second-order valence-corrected chi connectivity index (χ2v) is 8.34. The molecule has 0 aliphatic heterocycles. The van der Waals surface area contributed by atoms with Crippen LogP contribution >= 0.6 is 0 Å². The number of pyridine rings is 1. The van der Waals surface area contributed by atoms with Gasteiger partial charge in [0.05, 0.1) is 11.7 Å². The fourth-order valence-electron chi connectivity index (χ4n) is 3.94. The Labute approximate surface area is 204 Å². The number of hydrogen-bond acceptors (Lipinski definition) is 4. The van der Waals surface area contributed by atoms with Crippen molar-refractivity contribution in [1.82, 2.24) is 19.9 Å². The monoisotopic (exact) mass is 465 g/mol. The van der Waals surface area contributed by atoms with Crippen molar-refractivity contribution in [3.05, 3.63) is 115 Å². The number of benzene rings is 2. The minimum atomic E-state index is -0.328. The van der Waals surface area contributed by atoms with Crippen molar-refractivity contribution in [1.29, 1.82) is 0 Å². The van der Waals surface area contributed by atoms with Gasteiger partial charge in [0.2, 0.25) is 0 Å². The number of hydrogen-bond donors (Lipinski definition) is 2. The zero-order chi connectivity index (χ0) is 25.1. The number of anilines is 1. The highest BCUT2D eigenvalue weighted by Gasteiger charge is 2.16. The molecule has 0 spiro atoms. The summed E-state index contributed by atoms with van der Waals surface area (Å²) in [7, 11) is 3.95. The van der Waals surface area contributed by atoms with E-state index in [-0.39, 0.29) is 5.82 Å². The van der Waals surface area contributed by atoms with Crippen molar-refractivity contribution in [2.24, 2.45) is 0 Å². The lowest BCUT2D eigenvalue weighted by Gasteiger charge is -2.15. The number of nitrogen functional groups attached to an aromatic ring is 1. The van der Waals surface area contributed by atoms with Gasteiger partial charge in [0, 0.05) is 53.9 Å². The van der Waals surface area contributed by atoms with Crippen molar-refractivity contribution in [2.75, 3.05) is 19.8 Å². The van der Waals surface area contributed by atoms with E-state index in [1.807, 2.05) is 56.3 Å². The molecule has 0 saturated carbocycles. The fourth-order valence-corrected chi connectivity index (χ4v) is 3.94. The molecule has 0 atom stereocenters. The van der Waals surface area contributed by atoms with Gasteiger partial charge in [0.15, 0.2) is 0 Å². The maximum Gasteiger partial charge on any atom is 0.138 e. The Morgan fingerprint density at radius 3 is 2.57 bits per heavy atom. The summed E-state index contributed by atoms with van der Waals surface area (Å²) in [6, 6.07) is 12.4. The fraction of sp³-hybridized carbons (Fsp3) is 0.103. The number of H-pyrrole nitrogens is 1.